The van der Waals surface area contributed by atoms with Crippen LogP contribution in [0.15, 0.2) is 24.3 Å². The van der Waals surface area contributed by atoms with Gasteiger partial charge in [0.1, 0.15) is 5.72 Å². The van der Waals surface area contributed by atoms with Gasteiger partial charge in [0.25, 0.3) is 0 Å². The summed E-state index contributed by atoms with van der Waals surface area (Å²) in [6.45, 7) is 2.95. The third-order valence-electron chi connectivity index (χ3n) is 4.83. The van der Waals surface area contributed by atoms with Gasteiger partial charge in [0.15, 0.2) is 0 Å². The summed E-state index contributed by atoms with van der Waals surface area (Å²) in [5.74, 6) is 0. The minimum atomic E-state index is -4.29. The van der Waals surface area contributed by atoms with Crippen LogP contribution in [0.2, 0.25) is 0 Å². The highest BCUT2D eigenvalue weighted by atomic mass is 19.4. The van der Waals surface area contributed by atoms with E-state index in [1.807, 2.05) is 0 Å². The molecule has 1 heterocycles. The molecule has 1 aliphatic heterocycles. The molecule has 122 valence electrons. The van der Waals surface area contributed by atoms with Crippen LogP contribution in [0.25, 0.3) is 0 Å². The van der Waals surface area contributed by atoms with E-state index >= 15 is 0 Å². The fraction of sp³-hybridized carbons (Fsp3) is 0.625. The molecule has 3 rings (SSSR count). The van der Waals surface area contributed by atoms with E-state index in [0.29, 0.717) is 0 Å². The maximum atomic E-state index is 12.6. The number of rotatable bonds is 2. The second kappa shape index (κ2) is 5.74. The first-order valence-electron chi connectivity index (χ1n) is 7.78. The molecule has 2 fully saturated rings. The molecule has 1 N–H and O–H groups in total. The molecule has 0 radical (unpaired) electrons. The first-order valence-corrected chi connectivity index (χ1v) is 7.78. The van der Waals surface area contributed by atoms with Gasteiger partial charge in [0.05, 0.1) is 5.56 Å². The van der Waals surface area contributed by atoms with E-state index in [-0.39, 0.29) is 0 Å². The Morgan fingerprint density at radius 2 is 1.45 bits per heavy atom. The Morgan fingerprint density at radius 1 is 0.909 bits per heavy atom. The number of hydrogen-bond acceptors (Lipinski definition) is 3. The number of benzene rings is 1. The highest BCUT2D eigenvalue weighted by Crippen LogP contribution is 2.34. The lowest BCUT2D eigenvalue weighted by molar-refractivity contribution is -0.137. The van der Waals surface area contributed by atoms with Crippen molar-refractivity contribution in [3.05, 3.63) is 29.8 Å². The van der Waals surface area contributed by atoms with Gasteiger partial charge < -0.3 is 10.0 Å². The van der Waals surface area contributed by atoms with E-state index < -0.39 is 17.5 Å². The molecule has 0 atom stereocenters. The quantitative estimate of drug-likeness (QED) is 0.909. The lowest BCUT2D eigenvalue weighted by Gasteiger charge is -2.43. The van der Waals surface area contributed by atoms with Crippen molar-refractivity contribution < 1.29 is 18.3 Å². The molecule has 1 saturated heterocycles. The van der Waals surface area contributed by atoms with Gasteiger partial charge in [-0.05, 0) is 49.9 Å². The predicted octanol–water partition coefficient (Wildman–Crippen LogP) is 3.09. The van der Waals surface area contributed by atoms with Gasteiger partial charge in [-0.1, -0.05) is 0 Å². The van der Waals surface area contributed by atoms with Gasteiger partial charge in [0.2, 0.25) is 0 Å². The Balaban J connectivity index is 1.61. The van der Waals surface area contributed by atoms with Gasteiger partial charge in [-0.2, -0.15) is 13.2 Å². The Kier molecular flexibility index (Phi) is 4.07. The SMILES string of the molecule is OC1(N2CCN(c3ccc(C(F)(F)F)cc3)CC2)CCCC1. The summed E-state index contributed by atoms with van der Waals surface area (Å²) in [5.41, 5.74) is -0.465. The Labute approximate surface area is 128 Å². The van der Waals surface area contributed by atoms with Crippen molar-refractivity contribution in [2.45, 2.75) is 37.6 Å². The average Bonchev–Trinajstić information content (AvgIpc) is 2.95. The van der Waals surface area contributed by atoms with E-state index in [4.69, 9.17) is 0 Å². The standard InChI is InChI=1S/C16H21F3N2O/c17-16(18,19)13-3-5-14(6-4-13)20-9-11-21(12-10-20)15(22)7-1-2-8-15/h3-6,22H,1-2,7-12H2. The fourth-order valence-electron chi connectivity index (χ4n) is 3.50. The number of piperazine rings is 1. The number of aliphatic hydroxyl groups is 1. The summed E-state index contributed by atoms with van der Waals surface area (Å²) in [6, 6.07) is 5.32. The van der Waals surface area contributed by atoms with Crippen molar-refractivity contribution in [3.8, 4) is 0 Å². The van der Waals surface area contributed by atoms with Crippen LogP contribution in [0, 0.1) is 0 Å². The molecular weight excluding hydrogens is 293 g/mol. The highest BCUT2D eigenvalue weighted by Gasteiger charge is 2.38. The highest BCUT2D eigenvalue weighted by molar-refractivity contribution is 5.48. The molecule has 0 unspecified atom stereocenters. The lowest BCUT2D eigenvalue weighted by Crippen LogP contribution is -2.56. The van der Waals surface area contributed by atoms with Gasteiger partial charge in [-0.25, -0.2) is 0 Å². The summed E-state index contributed by atoms with van der Waals surface area (Å²) < 4.78 is 37.7. The second-order valence-corrected chi connectivity index (χ2v) is 6.21. The van der Waals surface area contributed by atoms with E-state index in [2.05, 4.69) is 9.80 Å². The smallest absolute Gasteiger partial charge is 0.376 e. The van der Waals surface area contributed by atoms with Crippen LogP contribution in [-0.2, 0) is 6.18 Å². The molecule has 1 aliphatic carbocycles. The van der Waals surface area contributed by atoms with Crippen molar-refractivity contribution in [2.24, 2.45) is 0 Å². The Morgan fingerprint density at radius 3 is 1.95 bits per heavy atom. The number of nitrogens with zero attached hydrogens (tertiary/aromatic N) is 2. The largest absolute Gasteiger partial charge is 0.416 e. The van der Waals surface area contributed by atoms with Crippen LogP contribution < -0.4 is 4.90 Å². The van der Waals surface area contributed by atoms with Crippen molar-refractivity contribution in [3.63, 3.8) is 0 Å². The second-order valence-electron chi connectivity index (χ2n) is 6.21. The summed E-state index contributed by atoms with van der Waals surface area (Å²) >= 11 is 0. The minimum absolute atomic E-state index is 0.616. The Bertz CT molecular complexity index is 501. The zero-order valence-corrected chi connectivity index (χ0v) is 12.4. The molecular formula is C16H21F3N2O. The maximum Gasteiger partial charge on any atom is 0.416 e. The van der Waals surface area contributed by atoms with E-state index in [1.165, 1.54) is 12.1 Å². The Hall–Kier alpha value is -1.27. The predicted molar refractivity (Wildman–Crippen MR) is 78.6 cm³/mol. The normalized spacial score (nSPS) is 23.0. The van der Waals surface area contributed by atoms with E-state index in [9.17, 15) is 18.3 Å². The number of alkyl halides is 3. The monoisotopic (exact) mass is 314 g/mol. The molecule has 1 aromatic carbocycles. The van der Waals surface area contributed by atoms with Crippen LogP contribution in [0.3, 0.4) is 0 Å². The van der Waals surface area contributed by atoms with Crippen LogP contribution in [0.5, 0.6) is 0 Å². The molecule has 0 spiro atoms. The molecule has 1 aromatic rings. The molecule has 1 saturated carbocycles. The lowest BCUT2D eigenvalue weighted by atomic mass is 10.1. The average molecular weight is 314 g/mol. The summed E-state index contributed by atoms with van der Waals surface area (Å²) in [4.78, 5) is 4.20. The molecule has 6 heteroatoms. The third kappa shape index (κ3) is 3.08. The topological polar surface area (TPSA) is 26.7 Å². The fourth-order valence-corrected chi connectivity index (χ4v) is 3.50. The summed E-state index contributed by atoms with van der Waals surface area (Å²) in [6.07, 6.45) is -0.505. The summed E-state index contributed by atoms with van der Waals surface area (Å²) in [5, 5.41) is 10.6. The van der Waals surface area contributed by atoms with Crippen LogP contribution >= 0.6 is 0 Å². The zero-order valence-electron chi connectivity index (χ0n) is 12.4. The van der Waals surface area contributed by atoms with Crippen LogP contribution in [0.1, 0.15) is 31.2 Å². The molecule has 0 amide bonds. The van der Waals surface area contributed by atoms with Crippen molar-refractivity contribution in [1.29, 1.82) is 0 Å². The van der Waals surface area contributed by atoms with Crippen LogP contribution in [0.4, 0.5) is 18.9 Å². The molecule has 0 bridgehead atoms. The number of halogens is 3. The first-order chi connectivity index (χ1) is 10.4. The van der Waals surface area contributed by atoms with Gasteiger partial charge in [0, 0.05) is 31.9 Å². The number of hydrogen-bond donors (Lipinski definition) is 1. The van der Waals surface area contributed by atoms with Crippen molar-refractivity contribution >= 4 is 5.69 Å². The van der Waals surface area contributed by atoms with Gasteiger partial charge in [-0.15, -0.1) is 0 Å². The minimum Gasteiger partial charge on any atom is -0.376 e. The van der Waals surface area contributed by atoms with Crippen molar-refractivity contribution in [2.75, 3.05) is 31.1 Å². The van der Waals surface area contributed by atoms with E-state index in [1.54, 1.807) is 0 Å². The molecule has 2 aliphatic rings. The van der Waals surface area contributed by atoms with Gasteiger partial charge in [-0.3, -0.25) is 4.90 Å². The number of anilines is 1. The summed E-state index contributed by atoms with van der Waals surface area (Å²) in [7, 11) is 0. The van der Waals surface area contributed by atoms with E-state index in [0.717, 1.165) is 69.7 Å². The molecule has 0 aromatic heterocycles. The van der Waals surface area contributed by atoms with Crippen LogP contribution in [-0.4, -0.2) is 41.9 Å². The van der Waals surface area contributed by atoms with Crippen molar-refractivity contribution in [1.82, 2.24) is 4.90 Å². The van der Waals surface area contributed by atoms with Gasteiger partial charge >= 0.3 is 6.18 Å². The maximum absolute atomic E-state index is 12.6. The molecule has 3 nitrogen and oxygen atoms in total. The molecule has 22 heavy (non-hydrogen) atoms. The third-order valence-corrected chi connectivity index (χ3v) is 4.83. The first kappa shape index (κ1) is 15.6. The zero-order chi connectivity index (χ0) is 15.8.